The Morgan fingerprint density at radius 3 is 2.65 bits per heavy atom. The van der Waals surface area contributed by atoms with Crippen LogP contribution in [0.1, 0.15) is 11.6 Å². The number of nitrogens with zero attached hydrogens (tertiary/aromatic N) is 3. The van der Waals surface area contributed by atoms with Crippen LogP contribution in [0.25, 0.3) is 5.69 Å². The number of aryl methyl sites for hydroxylation is 1. The van der Waals surface area contributed by atoms with Gasteiger partial charge in [0.15, 0.2) is 0 Å². The summed E-state index contributed by atoms with van der Waals surface area (Å²) in [6.45, 7) is 1.85. The summed E-state index contributed by atoms with van der Waals surface area (Å²) in [5, 5.41) is 7.98. The van der Waals surface area contributed by atoms with E-state index in [4.69, 9.17) is 0 Å². The Labute approximate surface area is 99.1 Å². The van der Waals surface area contributed by atoms with Crippen molar-refractivity contribution in [3.8, 4) is 5.69 Å². The Hall–Kier alpha value is -2.17. The summed E-state index contributed by atoms with van der Waals surface area (Å²) in [7, 11) is 1.36. The molecule has 5 heteroatoms. The second-order valence-electron chi connectivity index (χ2n) is 3.59. The number of aromatic nitrogens is 3. The maximum absolute atomic E-state index is 11.3. The van der Waals surface area contributed by atoms with Crippen molar-refractivity contribution in [1.29, 1.82) is 0 Å². The normalized spacial score (nSPS) is 10.2. The zero-order valence-corrected chi connectivity index (χ0v) is 9.75. The smallest absolute Gasteiger partial charge is 0.313 e. The molecule has 17 heavy (non-hydrogen) atoms. The molecule has 0 unspecified atom stereocenters. The van der Waals surface area contributed by atoms with Gasteiger partial charge in [0.25, 0.3) is 0 Å². The predicted octanol–water partition coefficient (Wildman–Crippen LogP) is 1.29. The lowest BCUT2D eigenvalue weighted by Gasteiger charge is -2.07. The summed E-state index contributed by atoms with van der Waals surface area (Å²) in [5.41, 5.74) is 0.939. The van der Waals surface area contributed by atoms with E-state index in [9.17, 15) is 4.79 Å². The van der Waals surface area contributed by atoms with Crippen LogP contribution in [-0.2, 0) is 16.0 Å². The molecule has 5 nitrogen and oxygen atoms in total. The van der Waals surface area contributed by atoms with Crippen LogP contribution in [0.2, 0.25) is 0 Å². The second-order valence-corrected chi connectivity index (χ2v) is 3.59. The van der Waals surface area contributed by atoms with Gasteiger partial charge >= 0.3 is 5.97 Å². The lowest BCUT2D eigenvalue weighted by atomic mass is 10.3. The number of benzene rings is 1. The molecule has 0 saturated heterocycles. The van der Waals surface area contributed by atoms with Crippen molar-refractivity contribution in [2.45, 2.75) is 13.3 Å². The minimum absolute atomic E-state index is 0.117. The summed E-state index contributed by atoms with van der Waals surface area (Å²) >= 11 is 0. The highest BCUT2D eigenvalue weighted by molar-refractivity contribution is 5.71. The van der Waals surface area contributed by atoms with Crippen LogP contribution in [0.4, 0.5) is 0 Å². The van der Waals surface area contributed by atoms with E-state index in [1.165, 1.54) is 7.11 Å². The minimum atomic E-state index is -0.324. The summed E-state index contributed by atoms with van der Waals surface area (Å²) in [4.78, 5) is 11.3. The molecule has 0 aliphatic heterocycles. The number of carbonyl (C=O) groups excluding carboxylic acids is 1. The number of para-hydroxylation sites is 1. The van der Waals surface area contributed by atoms with Gasteiger partial charge in [-0.3, -0.25) is 9.36 Å². The van der Waals surface area contributed by atoms with Crippen LogP contribution in [0.3, 0.4) is 0 Å². The first-order valence-corrected chi connectivity index (χ1v) is 5.25. The predicted molar refractivity (Wildman–Crippen MR) is 61.8 cm³/mol. The number of rotatable bonds is 3. The molecule has 1 aromatic heterocycles. The Kier molecular flexibility index (Phi) is 3.18. The molecule has 1 heterocycles. The van der Waals surface area contributed by atoms with Crippen molar-refractivity contribution in [3.63, 3.8) is 0 Å². The Morgan fingerprint density at radius 2 is 2.00 bits per heavy atom. The summed E-state index contributed by atoms with van der Waals surface area (Å²) < 4.78 is 6.48. The first kappa shape index (κ1) is 11.3. The Morgan fingerprint density at radius 1 is 1.29 bits per heavy atom. The number of hydrogen-bond acceptors (Lipinski definition) is 4. The average Bonchev–Trinajstić information content (AvgIpc) is 2.71. The molecule has 0 amide bonds. The number of carbonyl (C=O) groups is 1. The quantitative estimate of drug-likeness (QED) is 0.747. The van der Waals surface area contributed by atoms with E-state index in [1.807, 2.05) is 41.8 Å². The molecule has 0 N–H and O–H groups in total. The van der Waals surface area contributed by atoms with Crippen LogP contribution in [0.5, 0.6) is 0 Å². The van der Waals surface area contributed by atoms with Gasteiger partial charge in [-0.05, 0) is 19.1 Å². The van der Waals surface area contributed by atoms with Crippen molar-refractivity contribution in [2.24, 2.45) is 0 Å². The molecule has 0 radical (unpaired) electrons. The van der Waals surface area contributed by atoms with Crippen molar-refractivity contribution in [2.75, 3.05) is 7.11 Å². The molecule has 0 spiro atoms. The molecule has 0 fully saturated rings. The van der Waals surface area contributed by atoms with Crippen LogP contribution in [0, 0.1) is 6.92 Å². The van der Waals surface area contributed by atoms with Crippen LogP contribution in [0.15, 0.2) is 30.3 Å². The van der Waals surface area contributed by atoms with E-state index in [1.54, 1.807) is 0 Å². The molecule has 0 atom stereocenters. The van der Waals surface area contributed by atoms with Gasteiger partial charge in [0.2, 0.25) is 0 Å². The van der Waals surface area contributed by atoms with Gasteiger partial charge in [-0.15, -0.1) is 10.2 Å². The minimum Gasteiger partial charge on any atom is -0.469 e. The monoisotopic (exact) mass is 231 g/mol. The zero-order valence-electron chi connectivity index (χ0n) is 9.75. The molecule has 2 rings (SSSR count). The maximum atomic E-state index is 11.3. The number of methoxy groups -OCH3 is 1. The van der Waals surface area contributed by atoms with Gasteiger partial charge in [-0.25, -0.2) is 0 Å². The second kappa shape index (κ2) is 4.78. The first-order chi connectivity index (χ1) is 8.22. The van der Waals surface area contributed by atoms with Crippen molar-refractivity contribution in [1.82, 2.24) is 14.8 Å². The summed E-state index contributed by atoms with van der Waals surface area (Å²) in [6, 6.07) is 9.67. The van der Waals surface area contributed by atoms with E-state index in [2.05, 4.69) is 14.9 Å². The van der Waals surface area contributed by atoms with E-state index < -0.39 is 0 Å². The molecule has 0 aliphatic rings. The highest BCUT2D eigenvalue weighted by Gasteiger charge is 2.14. The van der Waals surface area contributed by atoms with E-state index in [0.717, 1.165) is 11.5 Å². The van der Waals surface area contributed by atoms with Gasteiger partial charge in [0, 0.05) is 5.69 Å². The lowest BCUT2D eigenvalue weighted by molar-refractivity contribution is -0.139. The SMILES string of the molecule is COC(=O)Cc1nnc(C)n1-c1ccccc1. The molecule has 2 aromatic rings. The third-order valence-corrected chi connectivity index (χ3v) is 2.44. The lowest BCUT2D eigenvalue weighted by Crippen LogP contribution is -2.11. The van der Waals surface area contributed by atoms with Crippen LogP contribution in [-0.4, -0.2) is 27.8 Å². The van der Waals surface area contributed by atoms with Crippen molar-refractivity contribution in [3.05, 3.63) is 42.0 Å². The highest BCUT2D eigenvalue weighted by atomic mass is 16.5. The van der Waals surface area contributed by atoms with Crippen molar-refractivity contribution < 1.29 is 9.53 Å². The molecule has 88 valence electrons. The van der Waals surface area contributed by atoms with E-state index >= 15 is 0 Å². The summed E-state index contributed by atoms with van der Waals surface area (Å²) in [6.07, 6.45) is 0.117. The number of esters is 1. The fourth-order valence-electron chi connectivity index (χ4n) is 1.63. The number of hydrogen-bond donors (Lipinski definition) is 0. The van der Waals surface area contributed by atoms with Crippen LogP contribution < -0.4 is 0 Å². The molecule has 0 bridgehead atoms. The molecule has 0 aliphatic carbocycles. The fraction of sp³-hybridized carbons (Fsp3) is 0.250. The first-order valence-electron chi connectivity index (χ1n) is 5.25. The molecular formula is C12H13N3O2. The molecular weight excluding hydrogens is 218 g/mol. The fourth-order valence-corrected chi connectivity index (χ4v) is 1.63. The number of ether oxygens (including phenoxy) is 1. The molecule has 1 aromatic carbocycles. The Balaban J connectivity index is 2.40. The van der Waals surface area contributed by atoms with Gasteiger partial charge in [-0.1, -0.05) is 18.2 Å². The standard InChI is InChI=1S/C12H13N3O2/c1-9-13-14-11(8-12(16)17-2)15(9)10-6-4-3-5-7-10/h3-7H,8H2,1-2H3. The van der Waals surface area contributed by atoms with E-state index in [-0.39, 0.29) is 12.4 Å². The van der Waals surface area contributed by atoms with E-state index in [0.29, 0.717) is 5.82 Å². The van der Waals surface area contributed by atoms with Gasteiger partial charge in [0.05, 0.1) is 7.11 Å². The largest absolute Gasteiger partial charge is 0.469 e. The maximum Gasteiger partial charge on any atom is 0.313 e. The van der Waals surface area contributed by atoms with Gasteiger partial charge < -0.3 is 4.74 Å². The molecule has 0 saturated carbocycles. The highest BCUT2D eigenvalue weighted by Crippen LogP contribution is 2.12. The summed E-state index contributed by atoms with van der Waals surface area (Å²) in [5.74, 6) is 1.00. The van der Waals surface area contributed by atoms with Crippen molar-refractivity contribution >= 4 is 5.97 Å². The third-order valence-electron chi connectivity index (χ3n) is 2.44. The third kappa shape index (κ3) is 2.33. The Bertz CT molecular complexity index is 520. The topological polar surface area (TPSA) is 57.0 Å². The van der Waals surface area contributed by atoms with Crippen LogP contribution >= 0.6 is 0 Å². The zero-order chi connectivity index (χ0) is 12.3. The average molecular weight is 231 g/mol. The van der Waals surface area contributed by atoms with Gasteiger partial charge in [0.1, 0.15) is 18.1 Å². The van der Waals surface area contributed by atoms with Gasteiger partial charge in [-0.2, -0.15) is 0 Å².